The van der Waals surface area contributed by atoms with Gasteiger partial charge in [0.15, 0.2) is 0 Å². The van der Waals surface area contributed by atoms with E-state index in [0.717, 1.165) is 17.1 Å². The largest absolute Gasteiger partial charge is 0.497 e. The number of ether oxygens (including phenoxy) is 4. The molecule has 8 nitrogen and oxygen atoms in total. The molecule has 0 aliphatic heterocycles. The maximum absolute atomic E-state index is 12.9. The Bertz CT molecular complexity index is 1040. The minimum absolute atomic E-state index is 0.156. The molecule has 154 valence electrons. The molecule has 0 bridgehead atoms. The highest BCUT2D eigenvalue weighted by Crippen LogP contribution is 2.27. The predicted octanol–water partition coefficient (Wildman–Crippen LogP) is 2.66. The Morgan fingerprint density at radius 3 is 2.52 bits per heavy atom. The lowest BCUT2D eigenvalue weighted by molar-refractivity contribution is 0.0393. The maximum Gasteiger partial charge on any atom is 0.348 e. The Morgan fingerprint density at radius 1 is 1.10 bits per heavy atom. The zero-order chi connectivity index (χ0) is 20.8. The molecule has 0 atom stereocenters. The van der Waals surface area contributed by atoms with Crippen molar-refractivity contribution < 1.29 is 23.7 Å². The van der Waals surface area contributed by atoms with Gasteiger partial charge in [0, 0.05) is 7.11 Å². The first-order valence-electron chi connectivity index (χ1n) is 8.96. The fraction of sp³-hybridized carbons (Fsp3) is 0.350. The van der Waals surface area contributed by atoms with Crippen LogP contribution in [-0.4, -0.2) is 49.6 Å². The van der Waals surface area contributed by atoms with E-state index in [1.807, 2.05) is 0 Å². The highest BCUT2D eigenvalue weighted by atomic mass is 32.1. The number of rotatable bonds is 9. The van der Waals surface area contributed by atoms with Crippen molar-refractivity contribution in [1.82, 2.24) is 9.55 Å². The van der Waals surface area contributed by atoms with Crippen LogP contribution in [0.15, 0.2) is 35.4 Å². The highest BCUT2D eigenvalue weighted by molar-refractivity contribution is 7.20. The zero-order valence-corrected chi connectivity index (χ0v) is 17.3. The van der Waals surface area contributed by atoms with Gasteiger partial charge in [0.2, 0.25) is 0 Å². The third-order valence-corrected chi connectivity index (χ3v) is 5.46. The molecular formula is C20H22N2O6S. The normalized spacial score (nSPS) is 10.9. The van der Waals surface area contributed by atoms with Crippen molar-refractivity contribution >= 4 is 27.5 Å². The van der Waals surface area contributed by atoms with Crippen LogP contribution in [0.5, 0.6) is 11.5 Å². The summed E-state index contributed by atoms with van der Waals surface area (Å²) < 4.78 is 22.3. The summed E-state index contributed by atoms with van der Waals surface area (Å²) in [6, 6.07) is 7.20. The summed E-state index contributed by atoms with van der Waals surface area (Å²) in [6.45, 7) is 2.83. The molecule has 9 heteroatoms. The van der Waals surface area contributed by atoms with E-state index >= 15 is 0 Å². The number of methoxy groups -OCH3 is 2. The molecule has 2 aromatic heterocycles. The first-order valence-corrected chi connectivity index (χ1v) is 9.78. The quantitative estimate of drug-likeness (QED) is 0.390. The number of thiophene rings is 1. The van der Waals surface area contributed by atoms with E-state index in [2.05, 4.69) is 4.98 Å². The number of hydrogen-bond donors (Lipinski definition) is 0. The third-order valence-electron chi connectivity index (χ3n) is 4.28. The first-order chi connectivity index (χ1) is 14.0. The number of benzene rings is 1. The molecule has 1 aromatic carbocycles. The second-order valence-electron chi connectivity index (χ2n) is 6.13. The lowest BCUT2D eigenvalue weighted by Crippen LogP contribution is -2.23. The van der Waals surface area contributed by atoms with Gasteiger partial charge in [0.05, 0.1) is 32.0 Å². The van der Waals surface area contributed by atoms with Gasteiger partial charge in [0.25, 0.3) is 5.56 Å². The van der Waals surface area contributed by atoms with Crippen molar-refractivity contribution in [3.63, 3.8) is 0 Å². The fourth-order valence-electron chi connectivity index (χ4n) is 2.73. The second kappa shape index (κ2) is 9.53. The number of nitrogens with zero attached hydrogens (tertiary/aromatic N) is 2. The van der Waals surface area contributed by atoms with E-state index < -0.39 is 5.97 Å². The number of aromatic nitrogens is 2. The predicted molar refractivity (Wildman–Crippen MR) is 109 cm³/mol. The standard InChI is InChI=1S/C20H22N2O6S/c1-13-16-18(29-17(13)20(24)28-11-10-25-2)21-12-22(19(16)23)8-9-27-15-6-4-14(26-3)5-7-15/h4-7,12H,8-11H2,1-3H3. The molecule has 0 unspecified atom stereocenters. The monoisotopic (exact) mass is 418 g/mol. The van der Waals surface area contributed by atoms with E-state index in [1.54, 1.807) is 38.3 Å². The molecule has 0 amide bonds. The van der Waals surface area contributed by atoms with Gasteiger partial charge in [0.1, 0.15) is 34.4 Å². The summed E-state index contributed by atoms with van der Waals surface area (Å²) >= 11 is 1.15. The summed E-state index contributed by atoms with van der Waals surface area (Å²) in [5.74, 6) is 0.949. The van der Waals surface area contributed by atoms with E-state index in [1.165, 1.54) is 18.0 Å². The van der Waals surface area contributed by atoms with Crippen molar-refractivity contribution in [2.24, 2.45) is 0 Å². The number of carbonyl (C=O) groups is 1. The molecule has 0 aliphatic rings. The van der Waals surface area contributed by atoms with Crippen LogP contribution < -0.4 is 15.0 Å². The van der Waals surface area contributed by atoms with Gasteiger partial charge in [-0.05, 0) is 36.8 Å². The van der Waals surface area contributed by atoms with Crippen LogP contribution in [0.4, 0.5) is 0 Å². The van der Waals surface area contributed by atoms with Crippen molar-refractivity contribution in [3.05, 3.63) is 51.4 Å². The van der Waals surface area contributed by atoms with Crippen LogP contribution in [-0.2, 0) is 16.0 Å². The summed E-state index contributed by atoms with van der Waals surface area (Å²) in [6.07, 6.45) is 1.47. The van der Waals surface area contributed by atoms with Gasteiger partial charge in [-0.25, -0.2) is 9.78 Å². The van der Waals surface area contributed by atoms with Crippen LogP contribution in [0.2, 0.25) is 0 Å². The third kappa shape index (κ3) is 4.75. The Labute approximate surface area is 171 Å². The molecule has 3 rings (SSSR count). The van der Waals surface area contributed by atoms with Gasteiger partial charge >= 0.3 is 5.97 Å². The molecule has 0 radical (unpaired) electrons. The lowest BCUT2D eigenvalue weighted by Gasteiger charge is -2.09. The maximum atomic E-state index is 12.9. The molecule has 29 heavy (non-hydrogen) atoms. The van der Waals surface area contributed by atoms with Crippen molar-refractivity contribution in [3.8, 4) is 11.5 Å². The SMILES string of the molecule is COCCOC(=O)c1sc2ncn(CCOc3ccc(OC)cc3)c(=O)c2c1C. The molecule has 0 spiro atoms. The Kier molecular flexibility index (Phi) is 6.84. The minimum Gasteiger partial charge on any atom is -0.497 e. The fourth-order valence-corrected chi connectivity index (χ4v) is 3.76. The lowest BCUT2D eigenvalue weighted by atomic mass is 10.2. The molecule has 2 heterocycles. The van der Waals surface area contributed by atoms with Gasteiger partial charge in [-0.15, -0.1) is 11.3 Å². The zero-order valence-electron chi connectivity index (χ0n) is 16.5. The van der Waals surface area contributed by atoms with Gasteiger partial charge in [-0.1, -0.05) is 0 Å². The molecule has 0 saturated carbocycles. The van der Waals surface area contributed by atoms with Gasteiger partial charge in [-0.2, -0.15) is 0 Å². The van der Waals surface area contributed by atoms with Gasteiger partial charge in [-0.3, -0.25) is 9.36 Å². The number of esters is 1. The average Bonchev–Trinajstić information content (AvgIpc) is 3.07. The molecule has 0 N–H and O–H groups in total. The molecule has 0 aliphatic carbocycles. The number of aryl methyl sites for hydroxylation is 1. The number of hydrogen-bond acceptors (Lipinski definition) is 8. The Hall–Kier alpha value is -2.91. The molecular weight excluding hydrogens is 396 g/mol. The van der Waals surface area contributed by atoms with E-state index in [0.29, 0.717) is 46.2 Å². The summed E-state index contributed by atoms with van der Waals surface area (Å²) in [5.41, 5.74) is 0.369. The topological polar surface area (TPSA) is 88.9 Å². The minimum atomic E-state index is -0.476. The Morgan fingerprint density at radius 2 is 1.83 bits per heavy atom. The summed E-state index contributed by atoms with van der Waals surface area (Å²) in [7, 11) is 3.13. The summed E-state index contributed by atoms with van der Waals surface area (Å²) in [5, 5.41) is 0.431. The Balaban J connectivity index is 1.72. The first kappa shape index (κ1) is 20.8. The van der Waals surface area contributed by atoms with E-state index in [-0.39, 0.29) is 12.2 Å². The van der Waals surface area contributed by atoms with E-state index in [9.17, 15) is 9.59 Å². The van der Waals surface area contributed by atoms with Crippen LogP contribution >= 0.6 is 11.3 Å². The molecule has 3 aromatic rings. The van der Waals surface area contributed by atoms with Crippen molar-refractivity contribution in [2.45, 2.75) is 13.5 Å². The van der Waals surface area contributed by atoms with Crippen molar-refractivity contribution in [1.29, 1.82) is 0 Å². The smallest absolute Gasteiger partial charge is 0.348 e. The molecule has 0 fully saturated rings. The van der Waals surface area contributed by atoms with Crippen LogP contribution in [0, 0.1) is 6.92 Å². The van der Waals surface area contributed by atoms with Gasteiger partial charge < -0.3 is 18.9 Å². The van der Waals surface area contributed by atoms with Crippen LogP contribution in [0.3, 0.4) is 0 Å². The van der Waals surface area contributed by atoms with Crippen LogP contribution in [0.1, 0.15) is 15.2 Å². The van der Waals surface area contributed by atoms with Crippen molar-refractivity contribution in [2.75, 3.05) is 34.0 Å². The summed E-state index contributed by atoms with van der Waals surface area (Å²) in [4.78, 5) is 30.3. The van der Waals surface area contributed by atoms with Crippen LogP contribution in [0.25, 0.3) is 10.2 Å². The number of carbonyl (C=O) groups excluding carboxylic acids is 1. The average molecular weight is 418 g/mol. The highest BCUT2D eigenvalue weighted by Gasteiger charge is 2.20. The molecule has 0 saturated heterocycles. The second-order valence-corrected chi connectivity index (χ2v) is 7.13. The number of fused-ring (bicyclic) bond motifs is 1. The van der Waals surface area contributed by atoms with E-state index in [4.69, 9.17) is 18.9 Å².